The highest BCUT2D eigenvalue weighted by Gasteiger charge is 2.15. The van der Waals surface area contributed by atoms with E-state index in [2.05, 4.69) is 11.9 Å². The van der Waals surface area contributed by atoms with E-state index in [1.807, 2.05) is 12.1 Å². The van der Waals surface area contributed by atoms with Gasteiger partial charge in [-0.1, -0.05) is 13.0 Å². The Bertz CT molecular complexity index is 594. The summed E-state index contributed by atoms with van der Waals surface area (Å²) in [5.41, 5.74) is 8.68. The van der Waals surface area contributed by atoms with Gasteiger partial charge in [-0.3, -0.25) is 4.98 Å². The third-order valence-electron chi connectivity index (χ3n) is 3.40. The van der Waals surface area contributed by atoms with Gasteiger partial charge in [0.25, 0.3) is 0 Å². The lowest BCUT2D eigenvalue weighted by Crippen LogP contribution is -2.16. The van der Waals surface area contributed by atoms with E-state index in [-0.39, 0.29) is 0 Å². The second kappa shape index (κ2) is 6.09. The molecule has 2 aromatic rings. The first kappa shape index (κ1) is 14.6. The fraction of sp³-hybridized carbons (Fsp3) is 0.312. The lowest BCUT2D eigenvalue weighted by Gasteiger charge is -2.14. The normalized spacial score (nSPS) is 12.4. The van der Waals surface area contributed by atoms with Crippen molar-refractivity contribution in [2.75, 3.05) is 0 Å². The molecule has 0 saturated carbocycles. The van der Waals surface area contributed by atoms with Crippen molar-refractivity contribution in [3.05, 3.63) is 64.5 Å². The van der Waals surface area contributed by atoms with E-state index in [0.717, 1.165) is 23.7 Å². The predicted octanol–water partition coefficient (Wildman–Crippen LogP) is 3.47. The fourth-order valence-electron chi connectivity index (χ4n) is 2.08. The number of rotatable bonds is 4. The lowest BCUT2D eigenvalue weighted by molar-refractivity contribution is 0.548. The molecule has 1 atom stereocenters. The van der Waals surface area contributed by atoms with Gasteiger partial charge in [0, 0.05) is 36.0 Å². The molecule has 2 nitrogen and oxygen atoms in total. The molecule has 0 aliphatic rings. The summed E-state index contributed by atoms with van der Waals surface area (Å²) in [6.07, 6.45) is 3.14. The van der Waals surface area contributed by atoms with E-state index in [0.29, 0.717) is 17.5 Å². The zero-order chi connectivity index (χ0) is 14.7. The van der Waals surface area contributed by atoms with Crippen molar-refractivity contribution in [2.24, 2.45) is 5.73 Å². The van der Waals surface area contributed by atoms with Crippen LogP contribution in [-0.2, 0) is 12.8 Å². The molecule has 0 fully saturated rings. The summed E-state index contributed by atoms with van der Waals surface area (Å²) in [4.78, 5) is 4.31. The summed E-state index contributed by atoms with van der Waals surface area (Å²) in [7, 11) is 0. The van der Waals surface area contributed by atoms with E-state index >= 15 is 0 Å². The molecule has 1 unspecified atom stereocenters. The Morgan fingerprint density at radius 1 is 1.20 bits per heavy atom. The zero-order valence-electron chi connectivity index (χ0n) is 11.7. The molecular weight excluding hydrogens is 258 g/mol. The third kappa shape index (κ3) is 3.20. The standard InChI is InChI=1S/C16H18F2N2/c1-3-11-4-5-12(20-9-11)7-16(19)13-6-10(2)14(17)8-15(13)18/h4-6,8-9,16H,3,7,19H2,1-2H3. The molecule has 0 aliphatic heterocycles. The zero-order valence-corrected chi connectivity index (χ0v) is 11.7. The highest BCUT2D eigenvalue weighted by atomic mass is 19.1. The largest absolute Gasteiger partial charge is 0.324 e. The molecule has 1 heterocycles. The van der Waals surface area contributed by atoms with Gasteiger partial charge in [-0.25, -0.2) is 8.78 Å². The first-order valence-electron chi connectivity index (χ1n) is 6.66. The molecule has 1 aromatic carbocycles. The molecule has 20 heavy (non-hydrogen) atoms. The number of hydrogen-bond donors (Lipinski definition) is 1. The van der Waals surface area contributed by atoms with Crippen LogP contribution in [0.4, 0.5) is 8.78 Å². The summed E-state index contributed by atoms with van der Waals surface area (Å²) in [5, 5.41) is 0. The maximum atomic E-state index is 13.8. The smallest absolute Gasteiger partial charge is 0.130 e. The van der Waals surface area contributed by atoms with Gasteiger partial charge >= 0.3 is 0 Å². The van der Waals surface area contributed by atoms with Crippen molar-refractivity contribution >= 4 is 0 Å². The van der Waals surface area contributed by atoms with Gasteiger partial charge in [0.2, 0.25) is 0 Å². The number of benzene rings is 1. The van der Waals surface area contributed by atoms with Gasteiger partial charge in [0.05, 0.1) is 0 Å². The minimum absolute atomic E-state index is 0.324. The average molecular weight is 276 g/mol. The molecule has 0 saturated heterocycles. The van der Waals surface area contributed by atoms with Gasteiger partial charge in [0.1, 0.15) is 11.6 Å². The van der Waals surface area contributed by atoms with E-state index in [1.54, 1.807) is 13.1 Å². The molecule has 2 N–H and O–H groups in total. The first-order valence-corrected chi connectivity index (χ1v) is 6.66. The summed E-state index contributed by atoms with van der Waals surface area (Å²) in [5.74, 6) is -1.16. The highest BCUT2D eigenvalue weighted by Crippen LogP contribution is 2.22. The number of halogens is 2. The second-order valence-electron chi connectivity index (χ2n) is 4.94. The van der Waals surface area contributed by atoms with Crippen LogP contribution in [0.5, 0.6) is 0 Å². The number of aromatic nitrogens is 1. The Morgan fingerprint density at radius 3 is 2.55 bits per heavy atom. The van der Waals surface area contributed by atoms with Crippen LogP contribution < -0.4 is 5.73 Å². The van der Waals surface area contributed by atoms with Crippen LogP contribution >= 0.6 is 0 Å². The topological polar surface area (TPSA) is 38.9 Å². The lowest BCUT2D eigenvalue weighted by atomic mass is 9.99. The SMILES string of the molecule is CCc1ccc(CC(N)c2cc(C)c(F)cc2F)nc1. The Labute approximate surface area is 117 Å². The summed E-state index contributed by atoms with van der Waals surface area (Å²) < 4.78 is 27.0. The van der Waals surface area contributed by atoms with Crippen molar-refractivity contribution in [2.45, 2.75) is 32.7 Å². The van der Waals surface area contributed by atoms with Crippen molar-refractivity contribution in [3.63, 3.8) is 0 Å². The maximum Gasteiger partial charge on any atom is 0.130 e. The van der Waals surface area contributed by atoms with E-state index in [4.69, 9.17) is 5.73 Å². The molecular formula is C16H18F2N2. The van der Waals surface area contributed by atoms with Crippen LogP contribution in [0.2, 0.25) is 0 Å². The minimum atomic E-state index is -0.606. The Hall–Kier alpha value is -1.81. The number of pyridine rings is 1. The van der Waals surface area contributed by atoms with Crippen LogP contribution in [-0.4, -0.2) is 4.98 Å². The van der Waals surface area contributed by atoms with Crippen molar-refractivity contribution in [3.8, 4) is 0 Å². The van der Waals surface area contributed by atoms with E-state index in [1.165, 1.54) is 6.07 Å². The number of nitrogens with zero attached hydrogens (tertiary/aromatic N) is 1. The minimum Gasteiger partial charge on any atom is -0.324 e. The van der Waals surface area contributed by atoms with Gasteiger partial charge in [0.15, 0.2) is 0 Å². The summed E-state index contributed by atoms with van der Waals surface area (Å²) in [6, 6.07) is 5.71. The predicted molar refractivity (Wildman–Crippen MR) is 75.3 cm³/mol. The molecule has 0 aliphatic carbocycles. The number of hydrogen-bond acceptors (Lipinski definition) is 2. The molecule has 106 valence electrons. The molecule has 0 radical (unpaired) electrons. The van der Waals surface area contributed by atoms with E-state index in [9.17, 15) is 8.78 Å². The maximum absolute atomic E-state index is 13.8. The van der Waals surface area contributed by atoms with Crippen LogP contribution in [0.1, 0.15) is 35.3 Å². The first-order chi connectivity index (χ1) is 9.51. The van der Waals surface area contributed by atoms with Crippen molar-refractivity contribution in [1.82, 2.24) is 4.98 Å². The third-order valence-corrected chi connectivity index (χ3v) is 3.40. The molecule has 4 heteroatoms. The summed E-state index contributed by atoms with van der Waals surface area (Å²) >= 11 is 0. The number of nitrogens with two attached hydrogens (primary N) is 1. The highest BCUT2D eigenvalue weighted by molar-refractivity contribution is 5.29. The van der Waals surface area contributed by atoms with E-state index < -0.39 is 17.7 Å². The van der Waals surface area contributed by atoms with Gasteiger partial charge < -0.3 is 5.73 Å². The van der Waals surface area contributed by atoms with Crippen LogP contribution in [0, 0.1) is 18.6 Å². The Balaban J connectivity index is 2.18. The van der Waals surface area contributed by atoms with Crippen molar-refractivity contribution < 1.29 is 8.78 Å². The van der Waals surface area contributed by atoms with Gasteiger partial charge in [-0.05, 0) is 36.6 Å². The molecule has 0 amide bonds. The summed E-state index contributed by atoms with van der Waals surface area (Å²) in [6.45, 7) is 3.65. The second-order valence-corrected chi connectivity index (χ2v) is 4.94. The Morgan fingerprint density at radius 2 is 1.95 bits per heavy atom. The van der Waals surface area contributed by atoms with Gasteiger partial charge in [-0.2, -0.15) is 0 Å². The van der Waals surface area contributed by atoms with Crippen LogP contribution in [0.3, 0.4) is 0 Å². The van der Waals surface area contributed by atoms with Crippen molar-refractivity contribution in [1.29, 1.82) is 0 Å². The monoisotopic (exact) mass is 276 g/mol. The number of aryl methyl sites for hydroxylation is 2. The van der Waals surface area contributed by atoms with Crippen LogP contribution in [0.15, 0.2) is 30.5 Å². The molecule has 1 aromatic heterocycles. The molecule has 0 bridgehead atoms. The quantitative estimate of drug-likeness (QED) is 0.928. The average Bonchev–Trinajstić information content (AvgIpc) is 2.43. The molecule has 0 spiro atoms. The van der Waals surface area contributed by atoms with Crippen LogP contribution in [0.25, 0.3) is 0 Å². The Kier molecular flexibility index (Phi) is 4.45. The molecule has 2 rings (SSSR count). The fourth-order valence-corrected chi connectivity index (χ4v) is 2.08. The van der Waals surface area contributed by atoms with Gasteiger partial charge in [-0.15, -0.1) is 0 Å².